The molecule has 0 bridgehead atoms. The summed E-state index contributed by atoms with van der Waals surface area (Å²) in [4.78, 5) is 22.6. The monoisotopic (exact) mass is 373 g/mol. The van der Waals surface area contributed by atoms with Crippen LogP contribution in [0.4, 0.5) is 0 Å². The van der Waals surface area contributed by atoms with Gasteiger partial charge in [0.15, 0.2) is 5.82 Å². The van der Waals surface area contributed by atoms with E-state index in [2.05, 4.69) is 4.98 Å². The first kappa shape index (κ1) is 17.6. The van der Waals surface area contributed by atoms with Crippen molar-refractivity contribution in [3.05, 3.63) is 83.9 Å². The Bertz CT molecular complexity index is 1120. The number of nitrogens with two attached hydrogens (primary N) is 1. The maximum atomic E-state index is 11.9. The zero-order valence-electron chi connectivity index (χ0n) is 15.3. The van der Waals surface area contributed by atoms with Crippen molar-refractivity contribution in [2.75, 3.05) is 7.11 Å². The van der Waals surface area contributed by atoms with Gasteiger partial charge in [0.25, 0.3) is 5.91 Å². The molecule has 2 N–H and O–H groups in total. The summed E-state index contributed by atoms with van der Waals surface area (Å²) in [5.41, 5.74) is 8.94. The van der Waals surface area contributed by atoms with Crippen LogP contribution in [-0.4, -0.2) is 22.7 Å². The first-order chi connectivity index (χ1) is 13.7. The van der Waals surface area contributed by atoms with Gasteiger partial charge >= 0.3 is 0 Å². The van der Waals surface area contributed by atoms with E-state index in [0.29, 0.717) is 29.0 Å². The Morgan fingerprint density at radius 1 is 1.00 bits per heavy atom. The fourth-order valence-corrected chi connectivity index (χ4v) is 3.04. The van der Waals surface area contributed by atoms with Crippen LogP contribution in [0, 0.1) is 0 Å². The number of primary amides is 1. The first-order valence-corrected chi connectivity index (χ1v) is 8.80. The minimum absolute atomic E-state index is 0.356. The number of carbonyl (C=O) groups is 1. The van der Waals surface area contributed by atoms with E-state index in [1.807, 2.05) is 60.7 Å². The van der Waals surface area contributed by atoms with Crippen LogP contribution >= 0.6 is 0 Å². The van der Waals surface area contributed by atoms with E-state index in [1.165, 1.54) is 0 Å². The van der Waals surface area contributed by atoms with Gasteiger partial charge in [-0.15, -0.1) is 0 Å². The number of hydrogen-bond donors (Lipinski definition) is 1. The van der Waals surface area contributed by atoms with Gasteiger partial charge in [0.2, 0.25) is 0 Å². The number of amides is 1. The fourth-order valence-electron chi connectivity index (χ4n) is 3.04. The Labute approximate surface area is 162 Å². The number of nitrogens with zero attached hydrogens (tertiary/aromatic N) is 2. The number of para-hydroxylation sites is 1. The molecule has 0 atom stereocenters. The van der Waals surface area contributed by atoms with Crippen LogP contribution < -0.4 is 15.3 Å². The summed E-state index contributed by atoms with van der Waals surface area (Å²) in [5, 5.41) is 0. The highest BCUT2D eigenvalue weighted by Gasteiger charge is 2.18. The van der Waals surface area contributed by atoms with Gasteiger partial charge in [0.1, 0.15) is 23.4 Å². The Morgan fingerprint density at radius 3 is 2.43 bits per heavy atom. The van der Waals surface area contributed by atoms with Crippen LogP contribution in [0.3, 0.4) is 0 Å². The second-order valence-corrected chi connectivity index (χ2v) is 6.25. The smallest absolute Gasteiger partial charge is 0.250 e. The van der Waals surface area contributed by atoms with Crippen molar-refractivity contribution in [3.63, 3.8) is 0 Å². The van der Waals surface area contributed by atoms with E-state index >= 15 is 0 Å². The maximum absolute atomic E-state index is 11.9. The summed E-state index contributed by atoms with van der Waals surface area (Å²) in [7, 11) is 1.62. The molecule has 0 spiro atoms. The van der Waals surface area contributed by atoms with Crippen LogP contribution in [0.15, 0.2) is 72.8 Å². The molecule has 0 unspecified atom stereocenters. The summed E-state index contributed by atoms with van der Waals surface area (Å²) in [6.07, 6.45) is 0. The van der Waals surface area contributed by atoms with Crippen LogP contribution in [0.1, 0.15) is 15.9 Å². The highest BCUT2D eigenvalue weighted by atomic mass is 16.7. The standard InChI is InChI=1S/C22H19N3O3/c1-27-17-12-10-16(11-13-17)22-24-20-18(21(23)26)8-5-9-19(20)25(22)28-14-15-6-3-2-4-7-15/h2-13H,14H2,1H3,(H2,23,26). The lowest BCUT2D eigenvalue weighted by Gasteiger charge is -2.11. The van der Waals surface area contributed by atoms with Crippen molar-refractivity contribution < 1.29 is 14.4 Å². The van der Waals surface area contributed by atoms with Gasteiger partial charge in [-0.25, -0.2) is 4.98 Å². The molecule has 0 aliphatic rings. The van der Waals surface area contributed by atoms with Crippen molar-refractivity contribution in [1.82, 2.24) is 9.71 Å². The lowest BCUT2D eigenvalue weighted by Crippen LogP contribution is -2.13. The molecule has 0 aliphatic carbocycles. The molecular formula is C22H19N3O3. The van der Waals surface area contributed by atoms with Gasteiger partial charge in [0, 0.05) is 5.56 Å². The van der Waals surface area contributed by atoms with E-state index in [9.17, 15) is 4.79 Å². The third-order valence-corrected chi connectivity index (χ3v) is 4.46. The van der Waals surface area contributed by atoms with E-state index in [1.54, 1.807) is 24.0 Å². The summed E-state index contributed by atoms with van der Waals surface area (Å²) in [6.45, 7) is 0.357. The number of benzene rings is 3. The minimum Gasteiger partial charge on any atom is -0.497 e. The molecule has 0 radical (unpaired) electrons. The topological polar surface area (TPSA) is 79.4 Å². The van der Waals surface area contributed by atoms with Crippen LogP contribution in [-0.2, 0) is 6.61 Å². The molecule has 28 heavy (non-hydrogen) atoms. The van der Waals surface area contributed by atoms with Crippen molar-refractivity contribution >= 4 is 16.9 Å². The number of methoxy groups -OCH3 is 1. The Balaban J connectivity index is 1.83. The second kappa shape index (κ2) is 7.44. The highest BCUT2D eigenvalue weighted by molar-refractivity contribution is 6.04. The van der Waals surface area contributed by atoms with Crippen LogP contribution in [0.5, 0.6) is 5.75 Å². The average molecular weight is 373 g/mol. The molecule has 1 amide bonds. The first-order valence-electron chi connectivity index (χ1n) is 8.80. The van der Waals surface area contributed by atoms with Crippen molar-refractivity contribution in [2.45, 2.75) is 6.61 Å². The van der Waals surface area contributed by atoms with Crippen molar-refractivity contribution in [3.8, 4) is 17.1 Å². The molecule has 140 valence electrons. The van der Waals surface area contributed by atoms with Crippen molar-refractivity contribution in [2.24, 2.45) is 5.73 Å². The van der Waals surface area contributed by atoms with Gasteiger partial charge in [-0.3, -0.25) is 4.79 Å². The van der Waals surface area contributed by atoms with Crippen molar-refractivity contribution in [1.29, 1.82) is 0 Å². The Morgan fingerprint density at radius 2 is 1.75 bits per heavy atom. The van der Waals surface area contributed by atoms with Gasteiger partial charge in [-0.05, 0) is 42.0 Å². The highest BCUT2D eigenvalue weighted by Crippen LogP contribution is 2.27. The van der Waals surface area contributed by atoms with Gasteiger partial charge in [-0.1, -0.05) is 36.4 Å². The number of ether oxygens (including phenoxy) is 1. The Hall–Kier alpha value is -3.80. The maximum Gasteiger partial charge on any atom is 0.250 e. The Kier molecular flexibility index (Phi) is 4.68. The second-order valence-electron chi connectivity index (χ2n) is 6.25. The molecule has 0 fully saturated rings. The van der Waals surface area contributed by atoms with Gasteiger partial charge in [-0.2, -0.15) is 4.73 Å². The minimum atomic E-state index is -0.528. The largest absolute Gasteiger partial charge is 0.497 e. The van der Waals surface area contributed by atoms with Gasteiger partial charge < -0.3 is 15.3 Å². The molecule has 6 heteroatoms. The molecule has 0 aliphatic heterocycles. The molecule has 0 saturated heterocycles. The summed E-state index contributed by atoms with van der Waals surface area (Å²) in [5.74, 6) is 0.802. The number of hydrogen-bond acceptors (Lipinski definition) is 4. The molecular weight excluding hydrogens is 354 g/mol. The van der Waals surface area contributed by atoms with E-state index in [4.69, 9.17) is 15.3 Å². The quantitative estimate of drug-likeness (QED) is 0.561. The predicted molar refractivity (Wildman–Crippen MR) is 107 cm³/mol. The van der Waals surface area contributed by atoms with Gasteiger partial charge in [0.05, 0.1) is 12.7 Å². The van der Waals surface area contributed by atoms with Crippen LogP contribution in [0.2, 0.25) is 0 Å². The normalized spacial score (nSPS) is 10.8. The lowest BCUT2D eigenvalue weighted by molar-refractivity contribution is 0.100. The summed E-state index contributed by atoms with van der Waals surface area (Å²) in [6, 6.07) is 22.6. The van der Waals surface area contributed by atoms with E-state index < -0.39 is 5.91 Å². The SMILES string of the molecule is COc1ccc(-c2nc3c(C(N)=O)cccc3n2OCc2ccccc2)cc1. The van der Waals surface area contributed by atoms with E-state index in [-0.39, 0.29) is 0 Å². The molecule has 0 saturated carbocycles. The number of imidazole rings is 1. The fraction of sp³-hybridized carbons (Fsp3) is 0.0909. The molecule has 1 aromatic heterocycles. The molecule has 4 rings (SSSR count). The average Bonchev–Trinajstić information content (AvgIpc) is 3.11. The number of aromatic nitrogens is 2. The number of carbonyl (C=O) groups excluding carboxylic acids is 1. The third-order valence-electron chi connectivity index (χ3n) is 4.46. The molecule has 6 nitrogen and oxygen atoms in total. The van der Waals surface area contributed by atoms with E-state index in [0.717, 1.165) is 16.9 Å². The molecule has 4 aromatic rings. The zero-order chi connectivity index (χ0) is 19.5. The number of rotatable bonds is 6. The lowest BCUT2D eigenvalue weighted by atomic mass is 10.2. The third kappa shape index (κ3) is 3.27. The number of fused-ring (bicyclic) bond motifs is 1. The molecule has 3 aromatic carbocycles. The summed E-state index contributed by atoms with van der Waals surface area (Å²) >= 11 is 0. The summed E-state index contributed by atoms with van der Waals surface area (Å²) < 4.78 is 6.88. The zero-order valence-corrected chi connectivity index (χ0v) is 15.3. The van der Waals surface area contributed by atoms with Crippen LogP contribution in [0.25, 0.3) is 22.4 Å². The predicted octanol–water partition coefficient (Wildman–Crippen LogP) is 3.44. The molecule has 1 heterocycles.